The largest absolute Gasteiger partial charge is 0.468 e. The maximum atomic E-state index is 13.7. The summed E-state index contributed by atoms with van der Waals surface area (Å²) in [7, 11) is 0.304. The Morgan fingerprint density at radius 1 is 0.571 bits per heavy atom. The monoisotopic (exact) mass is 680 g/mol. The predicted molar refractivity (Wildman–Crippen MR) is 85.8 cm³/mol. The highest BCUT2D eigenvalue weighted by atomic mass is 19.4. The molecule has 0 radical (unpaired) electrons. The lowest BCUT2D eigenvalue weighted by Crippen LogP contribution is -2.56. The van der Waals surface area contributed by atoms with Crippen LogP contribution in [0.1, 0.15) is 6.92 Å². The zero-order chi connectivity index (χ0) is 34.2. The van der Waals surface area contributed by atoms with E-state index < -0.39 is 85.9 Å². The summed E-state index contributed by atoms with van der Waals surface area (Å²) in [5.74, 6) is -16.7. The first-order chi connectivity index (χ1) is 18.2. The second-order valence-electron chi connectivity index (χ2n) is 7.80. The van der Waals surface area contributed by atoms with E-state index in [0.717, 1.165) is 0 Å². The smallest absolute Gasteiger partial charge is 0.462 e. The molecular weight excluding hydrogens is 668 g/mol. The van der Waals surface area contributed by atoms with Crippen LogP contribution in [0.25, 0.3) is 0 Å². The van der Waals surface area contributed by atoms with Gasteiger partial charge < -0.3 is 14.2 Å². The average Bonchev–Trinajstić information content (AvgIpc) is 2.78. The summed E-state index contributed by atoms with van der Waals surface area (Å²) in [4.78, 5) is 11.7. The quantitative estimate of drug-likeness (QED) is 0.144. The first-order valence-electron chi connectivity index (χ1n) is 9.55. The summed E-state index contributed by atoms with van der Waals surface area (Å²) in [6, 6.07) is 0. The number of hydrogen-bond donors (Lipinski definition) is 0. The normalized spacial score (nSPS) is 18.0. The minimum atomic E-state index is -7.30. The molecule has 6 nitrogen and oxygen atoms in total. The second-order valence-corrected chi connectivity index (χ2v) is 7.80. The van der Waals surface area contributed by atoms with E-state index in [9.17, 15) is 92.6 Å². The molecule has 0 aromatic heterocycles. The Bertz CT molecular complexity index is 853. The van der Waals surface area contributed by atoms with Crippen molar-refractivity contribution in [3.8, 4) is 0 Å². The van der Waals surface area contributed by atoms with Gasteiger partial charge in [0.25, 0.3) is 12.7 Å². The van der Waals surface area contributed by atoms with Crippen LogP contribution in [0.3, 0.4) is 0 Å². The van der Waals surface area contributed by atoms with Crippen molar-refractivity contribution in [2.24, 2.45) is 5.41 Å². The Labute approximate surface area is 217 Å². The molecule has 2 unspecified atom stereocenters. The van der Waals surface area contributed by atoms with Gasteiger partial charge in [-0.15, -0.1) is 0 Å². The molecule has 252 valence electrons. The van der Waals surface area contributed by atoms with E-state index in [1.54, 1.807) is 0 Å². The first-order valence-corrected chi connectivity index (χ1v) is 9.55. The molecule has 0 saturated heterocycles. The van der Waals surface area contributed by atoms with Gasteiger partial charge in [-0.3, -0.25) is 14.3 Å². The third kappa shape index (κ3) is 8.51. The fourth-order valence-corrected chi connectivity index (χ4v) is 1.92. The molecule has 0 heterocycles. The van der Waals surface area contributed by atoms with Crippen LogP contribution in [0.4, 0.5) is 87.8 Å². The third-order valence-electron chi connectivity index (χ3n) is 4.32. The van der Waals surface area contributed by atoms with Crippen LogP contribution in [-0.4, -0.2) is 87.6 Å². The van der Waals surface area contributed by atoms with Crippen LogP contribution in [-0.2, 0) is 28.5 Å². The van der Waals surface area contributed by atoms with Gasteiger partial charge in [0, 0.05) is 0 Å². The molecule has 0 aromatic carbocycles. The molecule has 0 aliphatic carbocycles. The van der Waals surface area contributed by atoms with Gasteiger partial charge in [-0.05, 0) is 6.92 Å². The molecule has 0 N–H and O–H groups in total. The summed E-state index contributed by atoms with van der Waals surface area (Å²) >= 11 is 0. The Kier molecular flexibility index (Phi) is 11.5. The van der Waals surface area contributed by atoms with Gasteiger partial charge in [-0.1, -0.05) is 0 Å². The number of halogens is 20. The molecule has 26 heteroatoms. The van der Waals surface area contributed by atoms with Crippen LogP contribution in [0.5, 0.6) is 0 Å². The van der Waals surface area contributed by atoms with Crippen LogP contribution in [0.2, 0.25) is 0 Å². The van der Waals surface area contributed by atoms with Gasteiger partial charge in [0.1, 0.15) is 5.41 Å². The van der Waals surface area contributed by atoms with E-state index in [0.29, 0.717) is 7.11 Å². The number of alkyl halides is 20. The summed E-state index contributed by atoms with van der Waals surface area (Å²) in [5, 5.41) is 0. The number of esters is 1. The SMILES string of the molecule is COC(=O)C(C)(COC(F)(F)C(F)OC(F)(F)C(F)(F)C(F)(F)F)COC(F)(F)C(F)OC(F)(F)C(F)(F)C(F)(F)F. The van der Waals surface area contributed by atoms with Gasteiger partial charge in [-0.25, -0.2) is 8.78 Å². The van der Waals surface area contributed by atoms with Gasteiger partial charge in [-0.2, -0.15) is 79.0 Å². The summed E-state index contributed by atoms with van der Waals surface area (Å²) in [5.41, 5.74) is -3.35. The molecule has 0 saturated carbocycles. The lowest BCUT2D eigenvalue weighted by Gasteiger charge is -2.33. The maximum absolute atomic E-state index is 13.7. The molecule has 0 aliphatic rings. The standard InChI is InChI=1S/C16H12F20O6/c1-8(7(37)38-2,3-39-9(19,20)5(17)41-15(33,34)11(23,24)13(27,28)29)4-40-10(21,22)6(18)42-16(35,36)12(25,26)14(30,31)32/h5-6H,3-4H2,1-2H3. The molecule has 2 atom stereocenters. The predicted octanol–water partition coefficient (Wildman–Crippen LogP) is 6.59. The van der Waals surface area contributed by atoms with Gasteiger partial charge in [0.15, 0.2) is 0 Å². The topological polar surface area (TPSA) is 63.2 Å². The minimum Gasteiger partial charge on any atom is -0.468 e. The van der Waals surface area contributed by atoms with Crippen molar-refractivity contribution in [2.45, 2.75) is 68.3 Å². The van der Waals surface area contributed by atoms with E-state index in [1.165, 1.54) is 0 Å². The van der Waals surface area contributed by atoms with E-state index in [2.05, 4.69) is 23.7 Å². The Morgan fingerprint density at radius 2 is 0.833 bits per heavy atom. The number of rotatable bonds is 15. The summed E-state index contributed by atoms with van der Waals surface area (Å²) in [6.07, 6.45) is -51.2. The number of ether oxygens (including phenoxy) is 5. The highest BCUT2D eigenvalue weighted by Crippen LogP contribution is 2.50. The van der Waals surface area contributed by atoms with Gasteiger partial charge >= 0.3 is 54.6 Å². The Morgan fingerprint density at radius 3 is 1.05 bits per heavy atom. The number of carbonyl (C=O) groups is 1. The number of methoxy groups -OCH3 is 1. The van der Waals surface area contributed by atoms with Gasteiger partial charge in [0.05, 0.1) is 20.3 Å². The van der Waals surface area contributed by atoms with Crippen molar-refractivity contribution in [3.05, 3.63) is 0 Å². The molecule has 0 spiro atoms. The van der Waals surface area contributed by atoms with Crippen LogP contribution in [0.15, 0.2) is 0 Å². The first kappa shape index (κ1) is 39.9. The lowest BCUT2D eigenvalue weighted by molar-refractivity contribution is -0.468. The lowest BCUT2D eigenvalue weighted by atomic mass is 9.93. The fourth-order valence-electron chi connectivity index (χ4n) is 1.92. The van der Waals surface area contributed by atoms with E-state index in [4.69, 9.17) is 0 Å². The molecule has 0 rings (SSSR count). The highest BCUT2D eigenvalue weighted by Gasteiger charge is 2.77. The van der Waals surface area contributed by atoms with Crippen molar-refractivity contribution in [1.29, 1.82) is 0 Å². The van der Waals surface area contributed by atoms with Crippen molar-refractivity contribution < 1.29 is 116 Å². The molecule has 0 fully saturated rings. The number of carbonyl (C=O) groups excluding carboxylic acids is 1. The van der Waals surface area contributed by atoms with Gasteiger partial charge in [0.2, 0.25) is 0 Å². The van der Waals surface area contributed by atoms with Crippen LogP contribution >= 0.6 is 0 Å². The van der Waals surface area contributed by atoms with Crippen LogP contribution < -0.4 is 0 Å². The Hall–Kier alpha value is -2.09. The van der Waals surface area contributed by atoms with Crippen molar-refractivity contribution in [3.63, 3.8) is 0 Å². The molecule has 42 heavy (non-hydrogen) atoms. The van der Waals surface area contributed by atoms with E-state index in [1.807, 2.05) is 0 Å². The molecule has 0 aromatic rings. The molecular formula is C16H12F20O6. The minimum absolute atomic E-state index is 0.0893. The van der Waals surface area contributed by atoms with Crippen molar-refractivity contribution in [1.82, 2.24) is 0 Å². The zero-order valence-corrected chi connectivity index (χ0v) is 19.6. The average molecular weight is 680 g/mol. The summed E-state index contributed by atoms with van der Waals surface area (Å²) < 4.78 is 271. The third-order valence-corrected chi connectivity index (χ3v) is 4.32. The van der Waals surface area contributed by atoms with Crippen molar-refractivity contribution in [2.75, 3.05) is 20.3 Å². The highest BCUT2D eigenvalue weighted by molar-refractivity contribution is 5.76. The molecule has 0 amide bonds. The van der Waals surface area contributed by atoms with E-state index >= 15 is 0 Å². The Balaban J connectivity index is 5.79. The zero-order valence-electron chi connectivity index (χ0n) is 19.6. The fraction of sp³-hybridized carbons (Fsp3) is 0.938. The second kappa shape index (κ2) is 12.1. The number of hydrogen-bond acceptors (Lipinski definition) is 6. The van der Waals surface area contributed by atoms with Crippen molar-refractivity contribution >= 4 is 5.97 Å². The molecule has 0 aliphatic heterocycles. The van der Waals surface area contributed by atoms with E-state index in [-0.39, 0.29) is 6.92 Å². The van der Waals surface area contributed by atoms with Crippen LogP contribution in [0, 0.1) is 5.41 Å². The maximum Gasteiger partial charge on any atom is 0.462 e. The molecule has 0 bridgehead atoms. The summed E-state index contributed by atoms with van der Waals surface area (Å²) in [6.45, 7) is -4.70.